The molecule has 1 aliphatic heterocycles. The first-order chi connectivity index (χ1) is 21.9. The molecule has 10 nitrogen and oxygen atoms in total. The molecule has 0 aliphatic carbocycles. The van der Waals surface area contributed by atoms with E-state index in [0.717, 1.165) is 17.0 Å². The van der Waals surface area contributed by atoms with Gasteiger partial charge in [0.1, 0.15) is 28.6 Å². The number of carbonyl (C=O) groups is 1. The SMILES string of the molecule is CC(C)(C)N.CC(F)(F)CN1C(=O)c2[nH]nc(-c3cccc4[nH]c(=O)oc34)c2C1c1ccc(Oc2ccc(OC(F)(F)F)cc2)cc1. The average molecular weight is 660 g/mol. The van der Waals surface area contributed by atoms with Crippen molar-refractivity contribution < 1.29 is 40.6 Å². The monoisotopic (exact) mass is 659 g/mol. The maximum atomic E-state index is 14.3. The molecule has 6 rings (SSSR count). The van der Waals surface area contributed by atoms with Crippen LogP contribution >= 0.6 is 0 Å². The highest BCUT2D eigenvalue weighted by molar-refractivity contribution is 6.02. The zero-order chi connectivity index (χ0) is 34.3. The number of hydrogen-bond donors (Lipinski definition) is 3. The highest BCUT2D eigenvalue weighted by Crippen LogP contribution is 2.45. The zero-order valence-electron chi connectivity index (χ0n) is 25.5. The Morgan fingerprint density at radius 3 is 2.04 bits per heavy atom. The van der Waals surface area contributed by atoms with Crippen molar-refractivity contribution in [2.45, 2.75) is 51.6 Å². The second-order valence-electron chi connectivity index (χ2n) is 12.0. The van der Waals surface area contributed by atoms with Gasteiger partial charge in [0.05, 0.1) is 18.1 Å². The van der Waals surface area contributed by atoms with Crippen LogP contribution in [0, 0.1) is 0 Å². The number of oxazole rings is 1. The van der Waals surface area contributed by atoms with Crippen LogP contribution in [-0.4, -0.2) is 50.4 Å². The molecule has 0 radical (unpaired) electrons. The summed E-state index contributed by atoms with van der Waals surface area (Å²) >= 11 is 0. The summed E-state index contributed by atoms with van der Waals surface area (Å²) in [6, 6.07) is 14.9. The minimum Gasteiger partial charge on any atom is -0.457 e. The van der Waals surface area contributed by atoms with E-state index in [0.29, 0.717) is 34.9 Å². The summed E-state index contributed by atoms with van der Waals surface area (Å²) in [5.74, 6) is -4.48. The third kappa shape index (κ3) is 7.98. The number of H-pyrrole nitrogens is 2. The summed E-state index contributed by atoms with van der Waals surface area (Å²) in [6.45, 7) is 5.72. The van der Waals surface area contributed by atoms with Crippen molar-refractivity contribution in [3.05, 3.63) is 94.1 Å². The second kappa shape index (κ2) is 12.2. The van der Waals surface area contributed by atoms with E-state index in [1.807, 2.05) is 20.8 Å². The number of rotatable bonds is 7. The molecule has 0 fully saturated rings. The second-order valence-corrected chi connectivity index (χ2v) is 12.0. The van der Waals surface area contributed by atoms with E-state index in [1.165, 1.54) is 24.3 Å². The molecular weight excluding hydrogens is 629 g/mol. The number of benzene rings is 3. The molecule has 248 valence electrons. The van der Waals surface area contributed by atoms with Crippen LogP contribution < -0.4 is 21.0 Å². The fourth-order valence-corrected chi connectivity index (χ4v) is 4.93. The molecule has 4 N–H and O–H groups in total. The first-order valence-electron chi connectivity index (χ1n) is 14.2. The Balaban J connectivity index is 0.000000807. The van der Waals surface area contributed by atoms with Crippen LogP contribution in [0.2, 0.25) is 0 Å². The lowest BCUT2D eigenvalue weighted by molar-refractivity contribution is -0.274. The lowest BCUT2D eigenvalue weighted by Gasteiger charge is -2.28. The molecule has 47 heavy (non-hydrogen) atoms. The van der Waals surface area contributed by atoms with Gasteiger partial charge in [-0.1, -0.05) is 18.2 Å². The average Bonchev–Trinajstić information content (AvgIpc) is 3.61. The van der Waals surface area contributed by atoms with Crippen molar-refractivity contribution in [3.63, 3.8) is 0 Å². The summed E-state index contributed by atoms with van der Waals surface area (Å²) in [7, 11) is 0. The third-order valence-electron chi connectivity index (χ3n) is 6.50. The van der Waals surface area contributed by atoms with Crippen LogP contribution in [0.4, 0.5) is 22.0 Å². The fourth-order valence-electron chi connectivity index (χ4n) is 4.93. The van der Waals surface area contributed by atoms with Gasteiger partial charge in [-0.05, 0) is 74.9 Å². The largest absolute Gasteiger partial charge is 0.573 e. The molecule has 0 saturated heterocycles. The van der Waals surface area contributed by atoms with E-state index in [9.17, 15) is 31.5 Å². The molecule has 0 saturated carbocycles. The number of aromatic nitrogens is 3. The Morgan fingerprint density at radius 1 is 0.894 bits per heavy atom. The van der Waals surface area contributed by atoms with Gasteiger partial charge in [0.2, 0.25) is 0 Å². The number of halogens is 5. The van der Waals surface area contributed by atoms with Crippen LogP contribution in [0.3, 0.4) is 0 Å². The van der Waals surface area contributed by atoms with E-state index in [-0.39, 0.29) is 28.3 Å². The van der Waals surface area contributed by atoms with Crippen molar-refractivity contribution in [1.29, 1.82) is 0 Å². The molecule has 1 amide bonds. The first kappa shape index (κ1) is 33.2. The number of aromatic amines is 2. The number of alkyl halides is 5. The minimum atomic E-state index is -4.83. The van der Waals surface area contributed by atoms with E-state index in [2.05, 4.69) is 19.9 Å². The van der Waals surface area contributed by atoms with Crippen LogP contribution in [0.25, 0.3) is 22.4 Å². The number of hydrogen-bond acceptors (Lipinski definition) is 7. The number of nitrogens with one attached hydrogen (secondary N) is 2. The molecule has 2 aromatic heterocycles. The normalized spacial score (nSPS) is 15.0. The van der Waals surface area contributed by atoms with Crippen LogP contribution in [0.1, 0.15) is 55.4 Å². The van der Waals surface area contributed by atoms with Gasteiger partial charge in [-0.15, -0.1) is 13.2 Å². The molecule has 5 aromatic rings. The smallest absolute Gasteiger partial charge is 0.457 e. The summed E-state index contributed by atoms with van der Waals surface area (Å²) < 4.78 is 80.6. The topological polar surface area (TPSA) is 139 Å². The van der Waals surface area contributed by atoms with E-state index in [4.69, 9.17) is 14.9 Å². The highest BCUT2D eigenvalue weighted by atomic mass is 19.4. The number of nitrogens with zero attached hydrogens (tertiary/aromatic N) is 2. The summed E-state index contributed by atoms with van der Waals surface area (Å²) in [6.07, 6.45) is -4.83. The van der Waals surface area contributed by atoms with Crippen molar-refractivity contribution in [3.8, 4) is 28.5 Å². The van der Waals surface area contributed by atoms with E-state index in [1.54, 1.807) is 30.3 Å². The van der Waals surface area contributed by atoms with Crippen molar-refractivity contribution in [2.24, 2.45) is 5.73 Å². The van der Waals surface area contributed by atoms with Crippen LogP contribution in [-0.2, 0) is 0 Å². The van der Waals surface area contributed by atoms with Gasteiger partial charge in [-0.25, -0.2) is 13.6 Å². The number of amides is 1. The predicted octanol–water partition coefficient (Wildman–Crippen LogP) is 7.15. The molecule has 1 aliphatic rings. The zero-order valence-corrected chi connectivity index (χ0v) is 25.5. The summed E-state index contributed by atoms with van der Waals surface area (Å²) in [5, 5.41) is 6.95. The Kier molecular flexibility index (Phi) is 8.62. The molecule has 0 bridgehead atoms. The van der Waals surface area contributed by atoms with Gasteiger partial charge in [-0.2, -0.15) is 5.10 Å². The maximum Gasteiger partial charge on any atom is 0.573 e. The Morgan fingerprint density at radius 2 is 1.47 bits per heavy atom. The third-order valence-corrected chi connectivity index (χ3v) is 6.50. The summed E-state index contributed by atoms with van der Waals surface area (Å²) in [5.41, 5.74) is 7.38. The number of ether oxygens (including phenoxy) is 2. The minimum absolute atomic E-state index is 0. The van der Waals surface area contributed by atoms with Gasteiger partial charge in [0, 0.05) is 23.6 Å². The number of para-hydroxylation sites is 1. The summed E-state index contributed by atoms with van der Waals surface area (Å²) in [4.78, 5) is 28.8. The Bertz CT molecular complexity index is 1930. The molecular formula is C32H30F5N5O5. The van der Waals surface area contributed by atoms with Gasteiger partial charge >= 0.3 is 12.1 Å². The van der Waals surface area contributed by atoms with Crippen LogP contribution in [0.5, 0.6) is 17.2 Å². The molecule has 1 unspecified atom stereocenters. The lowest BCUT2D eigenvalue weighted by Crippen LogP contribution is -2.38. The van der Waals surface area contributed by atoms with E-state index >= 15 is 0 Å². The van der Waals surface area contributed by atoms with Crippen molar-refractivity contribution in [1.82, 2.24) is 20.1 Å². The fraction of sp³-hybridized carbons (Fsp3) is 0.281. The Hall–Kier alpha value is -5.18. The number of nitrogens with two attached hydrogens (primary N) is 1. The van der Waals surface area contributed by atoms with E-state index < -0.39 is 42.3 Å². The van der Waals surface area contributed by atoms with Gasteiger partial charge < -0.3 is 24.5 Å². The number of carbonyl (C=O) groups excluding carboxylic acids is 1. The Labute approximate surface area is 264 Å². The molecule has 0 spiro atoms. The maximum absolute atomic E-state index is 14.3. The quantitative estimate of drug-likeness (QED) is 0.158. The van der Waals surface area contributed by atoms with Gasteiger partial charge in [-0.3, -0.25) is 14.9 Å². The lowest BCUT2D eigenvalue weighted by atomic mass is 9.95. The van der Waals surface area contributed by atoms with Crippen molar-refractivity contribution >= 4 is 17.0 Å². The standard InChI is InChI=1S/C28H19F5N4O5.C4H11N/c1-27(29,30)13-37-23(14-5-7-15(8-6-14)40-16-9-11-17(12-10-16)42-28(31,32)33)20-21(35-36-22(20)25(37)38)18-3-2-4-19-24(18)41-26(39)34-19;1-4(2,3)5/h2-12,23H,13H2,1H3,(H,34,39)(H,35,36);5H2,1-3H3. The molecule has 1 atom stereocenters. The van der Waals surface area contributed by atoms with Gasteiger partial charge in [0.25, 0.3) is 11.8 Å². The van der Waals surface area contributed by atoms with Gasteiger partial charge in [0.15, 0.2) is 5.58 Å². The highest BCUT2D eigenvalue weighted by Gasteiger charge is 2.45. The molecule has 15 heteroatoms. The van der Waals surface area contributed by atoms with Crippen molar-refractivity contribution in [2.75, 3.05) is 6.54 Å². The predicted molar refractivity (Wildman–Crippen MR) is 161 cm³/mol. The molecule has 3 heterocycles. The molecule has 3 aromatic carbocycles. The number of fused-ring (bicyclic) bond motifs is 2. The van der Waals surface area contributed by atoms with Crippen LogP contribution in [0.15, 0.2) is 75.9 Å². The first-order valence-corrected chi connectivity index (χ1v) is 14.2.